The summed E-state index contributed by atoms with van der Waals surface area (Å²) in [6.45, 7) is 2.88. The summed E-state index contributed by atoms with van der Waals surface area (Å²) in [6.07, 6.45) is 2.29. The van der Waals surface area contributed by atoms with Crippen LogP contribution in [0.5, 0.6) is 0 Å². The lowest BCUT2D eigenvalue weighted by Gasteiger charge is -2.30. The molecule has 2 rings (SSSR count). The zero-order chi connectivity index (χ0) is 11.5. The van der Waals surface area contributed by atoms with Gasteiger partial charge in [-0.05, 0) is 43.1 Å². The molecule has 1 heterocycles. The first-order valence-electron chi connectivity index (χ1n) is 5.57. The van der Waals surface area contributed by atoms with Crippen molar-refractivity contribution in [2.45, 2.75) is 25.4 Å². The summed E-state index contributed by atoms with van der Waals surface area (Å²) in [5.74, 6) is 0. The summed E-state index contributed by atoms with van der Waals surface area (Å²) in [5, 5.41) is 1.52. The zero-order valence-electron chi connectivity index (χ0n) is 9.53. The predicted octanol–water partition coefficient (Wildman–Crippen LogP) is 3.34. The molecule has 17 heavy (non-hydrogen) atoms. The number of halogens is 3. The highest BCUT2D eigenvalue weighted by Crippen LogP contribution is 2.23. The maximum atomic E-state index is 6.14. The fourth-order valence-corrected chi connectivity index (χ4v) is 2.51. The molecule has 2 N–H and O–H groups in total. The number of hydrogen-bond donors (Lipinski definition) is 1. The van der Waals surface area contributed by atoms with E-state index in [0.29, 0.717) is 6.04 Å². The molecule has 0 amide bonds. The van der Waals surface area contributed by atoms with Crippen molar-refractivity contribution >= 4 is 35.6 Å². The molecule has 0 aromatic heterocycles. The Morgan fingerprint density at radius 3 is 2.82 bits per heavy atom. The number of rotatable bonds is 2. The van der Waals surface area contributed by atoms with E-state index in [9.17, 15) is 0 Å². The van der Waals surface area contributed by atoms with Crippen LogP contribution in [0.4, 0.5) is 0 Å². The molecule has 1 aromatic carbocycles. The lowest BCUT2D eigenvalue weighted by molar-refractivity contribution is 0.201. The molecule has 0 radical (unpaired) electrons. The second-order valence-electron chi connectivity index (χ2n) is 4.37. The average molecular weight is 296 g/mol. The molecule has 1 saturated heterocycles. The Balaban J connectivity index is 0.00000144. The Morgan fingerprint density at radius 2 is 2.12 bits per heavy atom. The summed E-state index contributed by atoms with van der Waals surface area (Å²) < 4.78 is 0. The van der Waals surface area contributed by atoms with E-state index in [0.717, 1.165) is 41.7 Å². The first-order chi connectivity index (χ1) is 7.65. The minimum Gasteiger partial charge on any atom is -0.327 e. The van der Waals surface area contributed by atoms with Gasteiger partial charge in [-0.2, -0.15) is 0 Å². The molecule has 1 unspecified atom stereocenters. The number of nitrogens with zero attached hydrogens (tertiary/aromatic N) is 1. The standard InChI is InChI=1S/C12H16Cl2N2.ClH/c13-10-3-4-12(14)9(6-10)7-16-5-1-2-11(15)8-16;/h3-4,6,11H,1-2,5,7-8,15H2;1H. The molecular weight excluding hydrogens is 279 g/mol. The highest BCUT2D eigenvalue weighted by Gasteiger charge is 2.17. The highest BCUT2D eigenvalue weighted by atomic mass is 35.5. The molecule has 0 bridgehead atoms. The van der Waals surface area contributed by atoms with Crippen molar-refractivity contribution in [2.75, 3.05) is 13.1 Å². The van der Waals surface area contributed by atoms with Crippen LogP contribution < -0.4 is 5.73 Å². The lowest BCUT2D eigenvalue weighted by atomic mass is 10.1. The molecule has 1 aromatic rings. The summed E-state index contributed by atoms with van der Waals surface area (Å²) in [6, 6.07) is 5.90. The number of likely N-dealkylation sites (tertiary alicyclic amines) is 1. The van der Waals surface area contributed by atoms with Gasteiger partial charge in [-0.1, -0.05) is 23.2 Å². The normalized spacial score (nSPS) is 21.0. The van der Waals surface area contributed by atoms with Crippen LogP contribution in [0, 0.1) is 0 Å². The van der Waals surface area contributed by atoms with E-state index in [1.807, 2.05) is 18.2 Å². The fourth-order valence-electron chi connectivity index (χ4n) is 2.14. The number of hydrogen-bond acceptors (Lipinski definition) is 2. The Labute approximate surface area is 118 Å². The molecule has 1 aliphatic rings. The van der Waals surface area contributed by atoms with Gasteiger partial charge in [-0.25, -0.2) is 0 Å². The molecular formula is C12H17Cl3N2. The minimum atomic E-state index is 0. The Morgan fingerprint density at radius 1 is 1.35 bits per heavy atom. The molecule has 0 aliphatic carbocycles. The molecule has 1 aliphatic heterocycles. The third kappa shape index (κ3) is 4.31. The Kier molecular flexibility index (Phi) is 6.04. The quantitative estimate of drug-likeness (QED) is 0.907. The van der Waals surface area contributed by atoms with Crippen molar-refractivity contribution in [3.8, 4) is 0 Å². The van der Waals surface area contributed by atoms with Crippen LogP contribution in [0.25, 0.3) is 0 Å². The van der Waals surface area contributed by atoms with Crippen LogP contribution in [0.1, 0.15) is 18.4 Å². The van der Waals surface area contributed by atoms with Crippen molar-refractivity contribution in [1.82, 2.24) is 4.90 Å². The van der Waals surface area contributed by atoms with Crippen molar-refractivity contribution < 1.29 is 0 Å². The molecule has 1 atom stereocenters. The van der Waals surface area contributed by atoms with Crippen molar-refractivity contribution in [2.24, 2.45) is 5.73 Å². The van der Waals surface area contributed by atoms with E-state index in [-0.39, 0.29) is 12.4 Å². The molecule has 2 nitrogen and oxygen atoms in total. The van der Waals surface area contributed by atoms with Crippen LogP contribution >= 0.6 is 35.6 Å². The van der Waals surface area contributed by atoms with Gasteiger partial charge in [0.15, 0.2) is 0 Å². The Bertz CT molecular complexity index is 371. The maximum Gasteiger partial charge on any atom is 0.0452 e. The smallest absolute Gasteiger partial charge is 0.0452 e. The maximum absolute atomic E-state index is 6.14. The zero-order valence-corrected chi connectivity index (χ0v) is 11.9. The van der Waals surface area contributed by atoms with Crippen LogP contribution in [0.2, 0.25) is 10.0 Å². The largest absolute Gasteiger partial charge is 0.327 e. The SMILES string of the molecule is Cl.NC1CCCN(Cc2cc(Cl)ccc2Cl)C1. The van der Waals surface area contributed by atoms with E-state index in [4.69, 9.17) is 28.9 Å². The van der Waals surface area contributed by atoms with Crippen LogP contribution in [-0.2, 0) is 6.54 Å². The van der Waals surface area contributed by atoms with Crippen molar-refractivity contribution in [1.29, 1.82) is 0 Å². The monoisotopic (exact) mass is 294 g/mol. The molecule has 96 valence electrons. The molecule has 0 spiro atoms. The van der Waals surface area contributed by atoms with E-state index >= 15 is 0 Å². The third-order valence-electron chi connectivity index (χ3n) is 2.94. The van der Waals surface area contributed by atoms with Crippen LogP contribution in [-0.4, -0.2) is 24.0 Å². The fraction of sp³-hybridized carbons (Fsp3) is 0.500. The first kappa shape index (κ1) is 15.1. The van der Waals surface area contributed by atoms with Gasteiger partial charge in [0.25, 0.3) is 0 Å². The van der Waals surface area contributed by atoms with Gasteiger partial charge in [0.2, 0.25) is 0 Å². The van der Waals surface area contributed by atoms with Crippen molar-refractivity contribution in [3.05, 3.63) is 33.8 Å². The van der Waals surface area contributed by atoms with E-state index in [1.165, 1.54) is 6.42 Å². The topological polar surface area (TPSA) is 29.3 Å². The van der Waals surface area contributed by atoms with Crippen molar-refractivity contribution in [3.63, 3.8) is 0 Å². The first-order valence-corrected chi connectivity index (χ1v) is 6.32. The number of piperidine rings is 1. The van der Waals surface area contributed by atoms with E-state index in [2.05, 4.69) is 4.90 Å². The highest BCUT2D eigenvalue weighted by molar-refractivity contribution is 6.33. The summed E-state index contributed by atoms with van der Waals surface area (Å²) in [5.41, 5.74) is 7.03. The van der Waals surface area contributed by atoms with Crippen LogP contribution in [0.3, 0.4) is 0 Å². The van der Waals surface area contributed by atoms with Gasteiger partial charge in [0, 0.05) is 29.2 Å². The van der Waals surface area contributed by atoms with Gasteiger partial charge < -0.3 is 5.73 Å². The Hall–Kier alpha value is 0.01000. The number of nitrogens with two attached hydrogens (primary N) is 1. The average Bonchev–Trinajstić information content (AvgIpc) is 2.24. The van der Waals surface area contributed by atoms with Gasteiger partial charge in [0.05, 0.1) is 0 Å². The second-order valence-corrected chi connectivity index (χ2v) is 5.22. The second kappa shape index (κ2) is 6.81. The minimum absolute atomic E-state index is 0. The predicted molar refractivity (Wildman–Crippen MR) is 76.2 cm³/mol. The molecule has 1 fully saturated rings. The summed E-state index contributed by atoms with van der Waals surface area (Å²) in [7, 11) is 0. The van der Waals surface area contributed by atoms with E-state index < -0.39 is 0 Å². The van der Waals surface area contributed by atoms with E-state index in [1.54, 1.807) is 0 Å². The van der Waals surface area contributed by atoms with Crippen LogP contribution in [0.15, 0.2) is 18.2 Å². The number of benzene rings is 1. The van der Waals surface area contributed by atoms with Gasteiger partial charge in [-0.3, -0.25) is 4.90 Å². The van der Waals surface area contributed by atoms with Gasteiger partial charge in [-0.15, -0.1) is 12.4 Å². The van der Waals surface area contributed by atoms with Gasteiger partial charge >= 0.3 is 0 Å². The molecule has 5 heteroatoms. The molecule has 0 saturated carbocycles. The van der Waals surface area contributed by atoms with Gasteiger partial charge in [0.1, 0.15) is 0 Å². The summed E-state index contributed by atoms with van der Waals surface area (Å²) in [4.78, 5) is 2.34. The summed E-state index contributed by atoms with van der Waals surface area (Å²) >= 11 is 12.1. The third-order valence-corrected chi connectivity index (χ3v) is 3.55. The lowest BCUT2D eigenvalue weighted by Crippen LogP contribution is -2.42.